The van der Waals surface area contributed by atoms with Crippen LogP contribution in [0, 0.1) is 13.8 Å². The molecule has 0 amide bonds. The summed E-state index contributed by atoms with van der Waals surface area (Å²) in [5, 5.41) is 3.34. The van der Waals surface area contributed by atoms with Gasteiger partial charge in [-0.2, -0.15) is 0 Å². The summed E-state index contributed by atoms with van der Waals surface area (Å²) in [7, 11) is 0. The summed E-state index contributed by atoms with van der Waals surface area (Å²) in [6.07, 6.45) is 0. The van der Waals surface area contributed by atoms with E-state index in [1.54, 1.807) is 0 Å². The van der Waals surface area contributed by atoms with Crippen molar-refractivity contribution in [1.82, 2.24) is 5.32 Å². The summed E-state index contributed by atoms with van der Waals surface area (Å²) >= 11 is 4.45. The van der Waals surface area contributed by atoms with E-state index in [0.29, 0.717) is 0 Å². The molecule has 1 fully saturated rings. The standard InChI is InChI=1S/C10H14N2S.C8H10/c13-10-4-2-1-3-9(10)12-7-5-11-6-8-12;1-7-4-3-5-8(2)6-7/h1-4,11,13H,5-8H2;3-6H,1-2H3. The van der Waals surface area contributed by atoms with Gasteiger partial charge in [0.05, 0.1) is 5.69 Å². The fourth-order valence-electron chi connectivity index (χ4n) is 2.44. The second-order valence-electron chi connectivity index (χ2n) is 5.38. The molecule has 0 atom stereocenters. The molecule has 1 N–H and O–H groups in total. The zero-order valence-corrected chi connectivity index (χ0v) is 13.7. The number of hydrogen-bond donors (Lipinski definition) is 2. The van der Waals surface area contributed by atoms with Gasteiger partial charge in [0.1, 0.15) is 0 Å². The Kier molecular flexibility index (Phi) is 6.15. The van der Waals surface area contributed by atoms with Crippen molar-refractivity contribution < 1.29 is 0 Å². The Morgan fingerprint density at radius 3 is 2.05 bits per heavy atom. The monoisotopic (exact) mass is 300 g/mol. The van der Waals surface area contributed by atoms with Crippen molar-refractivity contribution in [1.29, 1.82) is 0 Å². The number of benzene rings is 2. The largest absolute Gasteiger partial charge is 0.368 e. The Hall–Kier alpha value is -1.45. The Morgan fingerprint density at radius 2 is 1.52 bits per heavy atom. The molecule has 2 nitrogen and oxygen atoms in total. The van der Waals surface area contributed by atoms with Crippen molar-refractivity contribution in [2.75, 3.05) is 31.1 Å². The topological polar surface area (TPSA) is 15.3 Å². The Morgan fingerprint density at radius 1 is 0.905 bits per heavy atom. The molecule has 112 valence electrons. The molecule has 0 aromatic heterocycles. The average Bonchev–Trinajstić information content (AvgIpc) is 2.49. The van der Waals surface area contributed by atoms with Gasteiger partial charge in [0.2, 0.25) is 0 Å². The van der Waals surface area contributed by atoms with Gasteiger partial charge >= 0.3 is 0 Å². The third-order valence-corrected chi connectivity index (χ3v) is 3.89. The van der Waals surface area contributed by atoms with E-state index in [1.165, 1.54) is 16.8 Å². The van der Waals surface area contributed by atoms with Gasteiger partial charge in [-0.25, -0.2) is 0 Å². The quantitative estimate of drug-likeness (QED) is 0.781. The van der Waals surface area contributed by atoms with Crippen LogP contribution in [0.2, 0.25) is 0 Å². The molecular weight excluding hydrogens is 276 g/mol. The maximum absolute atomic E-state index is 4.45. The summed E-state index contributed by atoms with van der Waals surface area (Å²) in [6.45, 7) is 8.51. The molecule has 3 rings (SSSR count). The van der Waals surface area contributed by atoms with E-state index in [0.717, 1.165) is 31.1 Å². The number of para-hydroxylation sites is 1. The third kappa shape index (κ3) is 5.10. The van der Waals surface area contributed by atoms with Gasteiger partial charge in [-0.3, -0.25) is 0 Å². The zero-order chi connectivity index (χ0) is 15.1. The van der Waals surface area contributed by atoms with Gasteiger partial charge in [-0.1, -0.05) is 47.5 Å². The van der Waals surface area contributed by atoms with E-state index < -0.39 is 0 Å². The van der Waals surface area contributed by atoms with E-state index in [4.69, 9.17) is 0 Å². The predicted octanol–water partition coefficient (Wildman–Crippen LogP) is 3.69. The van der Waals surface area contributed by atoms with Gasteiger partial charge < -0.3 is 10.2 Å². The third-order valence-electron chi connectivity index (χ3n) is 3.51. The summed E-state index contributed by atoms with van der Waals surface area (Å²) in [5.41, 5.74) is 3.93. The Labute approximate surface area is 133 Å². The van der Waals surface area contributed by atoms with Crippen molar-refractivity contribution in [3.05, 3.63) is 59.7 Å². The maximum atomic E-state index is 4.45. The Balaban J connectivity index is 0.000000173. The maximum Gasteiger partial charge on any atom is 0.0502 e. The molecule has 0 aliphatic carbocycles. The van der Waals surface area contributed by atoms with Gasteiger partial charge in [0.25, 0.3) is 0 Å². The van der Waals surface area contributed by atoms with Crippen LogP contribution in [0.4, 0.5) is 5.69 Å². The van der Waals surface area contributed by atoms with E-state index in [1.807, 2.05) is 12.1 Å². The number of nitrogens with one attached hydrogen (secondary N) is 1. The smallest absolute Gasteiger partial charge is 0.0502 e. The molecule has 0 bridgehead atoms. The van der Waals surface area contributed by atoms with Crippen LogP contribution in [-0.2, 0) is 0 Å². The molecule has 3 heteroatoms. The van der Waals surface area contributed by atoms with Crippen LogP contribution in [0.5, 0.6) is 0 Å². The van der Waals surface area contributed by atoms with Crippen LogP contribution < -0.4 is 10.2 Å². The molecule has 0 unspecified atom stereocenters. The van der Waals surface area contributed by atoms with Crippen molar-refractivity contribution in [2.45, 2.75) is 18.7 Å². The molecule has 0 saturated carbocycles. The molecule has 1 aliphatic heterocycles. The summed E-state index contributed by atoms with van der Waals surface area (Å²) < 4.78 is 0. The molecule has 1 aliphatic rings. The highest BCUT2D eigenvalue weighted by Crippen LogP contribution is 2.23. The fourth-order valence-corrected chi connectivity index (χ4v) is 2.75. The van der Waals surface area contributed by atoms with Crippen molar-refractivity contribution in [3.63, 3.8) is 0 Å². The molecular formula is C18H24N2S. The van der Waals surface area contributed by atoms with Crippen LogP contribution in [0.1, 0.15) is 11.1 Å². The first-order valence-corrected chi connectivity index (χ1v) is 7.88. The Bertz CT molecular complexity index is 545. The lowest BCUT2D eigenvalue weighted by Crippen LogP contribution is -2.43. The number of piperazine rings is 1. The van der Waals surface area contributed by atoms with Gasteiger partial charge in [-0.15, -0.1) is 12.6 Å². The minimum absolute atomic E-state index is 1.07. The summed E-state index contributed by atoms with van der Waals surface area (Å²) in [6, 6.07) is 16.7. The highest BCUT2D eigenvalue weighted by molar-refractivity contribution is 7.80. The van der Waals surface area contributed by atoms with Crippen molar-refractivity contribution in [3.8, 4) is 0 Å². The van der Waals surface area contributed by atoms with Crippen molar-refractivity contribution >= 4 is 18.3 Å². The van der Waals surface area contributed by atoms with Crippen LogP contribution >= 0.6 is 12.6 Å². The number of anilines is 1. The highest BCUT2D eigenvalue weighted by atomic mass is 32.1. The first kappa shape index (κ1) is 15.9. The number of nitrogens with zero attached hydrogens (tertiary/aromatic N) is 1. The second-order valence-corrected chi connectivity index (χ2v) is 5.87. The van der Waals surface area contributed by atoms with Crippen LogP contribution in [-0.4, -0.2) is 26.2 Å². The lowest BCUT2D eigenvalue weighted by Gasteiger charge is -2.30. The minimum atomic E-state index is 1.07. The van der Waals surface area contributed by atoms with Crippen LogP contribution in [0.25, 0.3) is 0 Å². The van der Waals surface area contributed by atoms with E-state index in [2.05, 4.69) is 73.1 Å². The summed E-state index contributed by atoms with van der Waals surface area (Å²) in [4.78, 5) is 3.45. The zero-order valence-electron chi connectivity index (χ0n) is 12.8. The van der Waals surface area contributed by atoms with Crippen LogP contribution in [0.3, 0.4) is 0 Å². The molecule has 1 saturated heterocycles. The lowest BCUT2D eigenvalue weighted by atomic mass is 10.2. The number of hydrogen-bond acceptors (Lipinski definition) is 3. The number of thiol groups is 1. The van der Waals surface area contributed by atoms with Gasteiger partial charge in [0, 0.05) is 31.1 Å². The average molecular weight is 300 g/mol. The minimum Gasteiger partial charge on any atom is -0.368 e. The number of aryl methyl sites for hydroxylation is 2. The number of rotatable bonds is 1. The first-order valence-electron chi connectivity index (χ1n) is 7.44. The molecule has 1 heterocycles. The summed E-state index contributed by atoms with van der Waals surface area (Å²) in [5.74, 6) is 0. The first-order chi connectivity index (χ1) is 10.2. The van der Waals surface area contributed by atoms with Crippen LogP contribution in [0.15, 0.2) is 53.4 Å². The van der Waals surface area contributed by atoms with Gasteiger partial charge in [-0.05, 0) is 26.0 Å². The molecule has 2 aromatic carbocycles. The lowest BCUT2D eigenvalue weighted by molar-refractivity contribution is 0.587. The molecule has 2 aromatic rings. The fraction of sp³-hybridized carbons (Fsp3) is 0.333. The van der Waals surface area contributed by atoms with Crippen molar-refractivity contribution in [2.24, 2.45) is 0 Å². The molecule has 21 heavy (non-hydrogen) atoms. The van der Waals surface area contributed by atoms with E-state index in [-0.39, 0.29) is 0 Å². The SMILES string of the molecule is Cc1cccc(C)c1.Sc1ccccc1N1CCNCC1. The van der Waals surface area contributed by atoms with Gasteiger partial charge in [0.15, 0.2) is 0 Å². The molecule has 0 radical (unpaired) electrons. The normalized spacial score (nSPS) is 14.3. The van der Waals surface area contributed by atoms with E-state index >= 15 is 0 Å². The van der Waals surface area contributed by atoms with E-state index in [9.17, 15) is 0 Å². The highest BCUT2D eigenvalue weighted by Gasteiger charge is 2.11. The molecule has 0 spiro atoms. The predicted molar refractivity (Wildman–Crippen MR) is 94.7 cm³/mol. The second kappa shape index (κ2) is 8.11.